The van der Waals surface area contributed by atoms with Gasteiger partial charge in [0.1, 0.15) is 5.52 Å². The lowest BCUT2D eigenvalue weighted by Gasteiger charge is -2.30. The first kappa shape index (κ1) is 20.5. The Morgan fingerprint density at radius 2 is 1.90 bits per heavy atom. The summed E-state index contributed by atoms with van der Waals surface area (Å²) < 4.78 is 26.7. The average molecular weight is 428 g/mol. The van der Waals surface area contributed by atoms with Crippen molar-refractivity contribution in [2.75, 3.05) is 19.3 Å². The molecule has 0 unspecified atom stereocenters. The van der Waals surface area contributed by atoms with E-state index in [1.54, 1.807) is 18.6 Å². The Hall–Kier alpha value is -2.78. The number of piperidine rings is 1. The van der Waals surface area contributed by atoms with E-state index in [4.69, 9.17) is 0 Å². The third-order valence-corrected chi connectivity index (χ3v) is 6.76. The number of nitrogens with zero attached hydrogens (tertiary/aromatic N) is 4. The Kier molecular flexibility index (Phi) is 5.83. The summed E-state index contributed by atoms with van der Waals surface area (Å²) in [5.74, 6) is -0.207. The van der Waals surface area contributed by atoms with Crippen molar-refractivity contribution in [3.63, 3.8) is 0 Å². The Labute approximate surface area is 176 Å². The van der Waals surface area contributed by atoms with E-state index in [2.05, 4.69) is 27.4 Å². The van der Waals surface area contributed by atoms with Crippen molar-refractivity contribution in [1.82, 2.24) is 24.2 Å². The maximum Gasteiger partial charge on any atom is 0.253 e. The second-order valence-corrected chi connectivity index (χ2v) is 9.63. The van der Waals surface area contributed by atoms with E-state index < -0.39 is 10.0 Å². The predicted molar refractivity (Wildman–Crippen MR) is 115 cm³/mol. The maximum absolute atomic E-state index is 12.6. The summed E-state index contributed by atoms with van der Waals surface area (Å²) in [7, 11) is -3.17. The fraction of sp³-hybridized carbons (Fsp3) is 0.381. The van der Waals surface area contributed by atoms with Crippen LogP contribution in [0, 0.1) is 0 Å². The minimum Gasteiger partial charge on any atom is -0.349 e. The van der Waals surface area contributed by atoms with Crippen molar-refractivity contribution >= 4 is 27.1 Å². The number of imidazole rings is 1. The Balaban J connectivity index is 1.38. The van der Waals surface area contributed by atoms with Crippen LogP contribution in [0.2, 0.25) is 0 Å². The van der Waals surface area contributed by atoms with Gasteiger partial charge in [0.05, 0.1) is 18.1 Å². The van der Waals surface area contributed by atoms with Gasteiger partial charge in [0.15, 0.2) is 5.65 Å². The number of carbonyl (C=O) groups is 1. The third kappa shape index (κ3) is 4.68. The number of aryl methyl sites for hydroxylation is 2. The van der Waals surface area contributed by atoms with Gasteiger partial charge < -0.3 is 9.88 Å². The van der Waals surface area contributed by atoms with Gasteiger partial charge in [-0.05, 0) is 30.9 Å². The first-order valence-electron chi connectivity index (χ1n) is 10.0. The highest BCUT2D eigenvalue weighted by atomic mass is 32.2. The van der Waals surface area contributed by atoms with Crippen LogP contribution < -0.4 is 5.32 Å². The summed E-state index contributed by atoms with van der Waals surface area (Å²) in [6.45, 7) is 1.61. The monoisotopic (exact) mass is 427 g/mol. The summed E-state index contributed by atoms with van der Waals surface area (Å²) in [4.78, 5) is 21.5. The lowest BCUT2D eigenvalue weighted by atomic mass is 10.1. The number of hydrogen-bond donors (Lipinski definition) is 1. The van der Waals surface area contributed by atoms with Crippen molar-refractivity contribution in [2.24, 2.45) is 0 Å². The molecular weight excluding hydrogens is 402 g/mol. The molecular formula is C21H25N5O3S. The lowest BCUT2D eigenvalue weighted by Crippen LogP contribution is -2.46. The number of hydrogen-bond acceptors (Lipinski definition) is 5. The molecule has 0 aliphatic carbocycles. The first-order valence-corrected chi connectivity index (χ1v) is 11.9. The van der Waals surface area contributed by atoms with E-state index in [0.717, 1.165) is 18.6 Å². The lowest BCUT2D eigenvalue weighted by molar-refractivity contribution is 0.0923. The highest BCUT2D eigenvalue weighted by molar-refractivity contribution is 7.88. The van der Waals surface area contributed by atoms with Gasteiger partial charge >= 0.3 is 0 Å². The number of amides is 1. The highest BCUT2D eigenvalue weighted by Crippen LogP contribution is 2.16. The molecule has 0 radical (unpaired) electrons. The van der Waals surface area contributed by atoms with Crippen LogP contribution in [0.15, 0.2) is 48.9 Å². The van der Waals surface area contributed by atoms with Gasteiger partial charge in [-0.2, -0.15) is 0 Å². The molecule has 0 atom stereocenters. The maximum atomic E-state index is 12.6. The van der Waals surface area contributed by atoms with Crippen LogP contribution in [0.25, 0.3) is 11.2 Å². The molecule has 0 spiro atoms. The first-order chi connectivity index (χ1) is 14.4. The van der Waals surface area contributed by atoms with Crippen LogP contribution in [0.3, 0.4) is 0 Å². The van der Waals surface area contributed by atoms with E-state index in [0.29, 0.717) is 37.0 Å². The Bertz CT molecular complexity index is 1140. The number of rotatable bonds is 6. The molecule has 0 bridgehead atoms. The van der Waals surface area contributed by atoms with E-state index in [1.165, 1.54) is 16.1 Å². The zero-order valence-electron chi connectivity index (χ0n) is 16.9. The van der Waals surface area contributed by atoms with Crippen LogP contribution in [-0.4, -0.2) is 58.6 Å². The molecule has 158 valence electrons. The van der Waals surface area contributed by atoms with E-state index in [1.807, 2.05) is 22.8 Å². The van der Waals surface area contributed by atoms with Crippen LogP contribution >= 0.6 is 0 Å². The van der Waals surface area contributed by atoms with Gasteiger partial charge in [-0.25, -0.2) is 22.7 Å². The van der Waals surface area contributed by atoms with Gasteiger partial charge in [-0.1, -0.05) is 30.3 Å². The van der Waals surface area contributed by atoms with Crippen molar-refractivity contribution in [1.29, 1.82) is 0 Å². The van der Waals surface area contributed by atoms with Crippen molar-refractivity contribution < 1.29 is 13.2 Å². The summed E-state index contributed by atoms with van der Waals surface area (Å²) in [5, 5.41) is 2.99. The van der Waals surface area contributed by atoms with Crippen LogP contribution in [0.1, 0.15) is 28.8 Å². The molecule has 1 fully saturated rings. The second kappa shape index (κ2) is 8.53. The van der Waals surface area contributed by atoms with E-state index in [9.17, 15) is 13.2 Å². The highest BCUT2D eigenvalue weighted by Gasteiger charge is 2.26. The van der Waals surface area contributed by atoms with Crippen molar-refractivity contribution in [3.05, 3.63) is 60.0 Å². The molecule has 1 N–H and O–H groups in total. The third-order valence-electron chi connectivity index (χ3n) is 5.46. The zero-order valence-corrected chi connectivity index (χ0v) is 17.7. The summed E-state index contributed by atoms with van der Waals surface area (Å²) in [6.07, 6.45) is 6.62. The number of aromatic nitrogens is 3. The summed E-state index contributed by atoms with van der Waals surface area (Å²) in [5.41, 5.74) is 3.14. The van der Waals surface area contributed by atoms with Crippen LogP contribution in [0.4, 0.5) is 0 Å². The molecule has 1 aliphatic rings. The zero-order chi connectivity index (χ0) is 21.1. The van der Waals surface area contributed by atoms with Crippen LogP contribution in [0.5, 0.6) is 0 Å². The summed E-state index contributed by atoms with van der Waals surface area (Å²) in [6, 6.07) is 11.9. The molecule has 1 saturated heterocycles. The predicted octanol–water partition coefficient (Wildman–Crippen LogP) is 1.83. The molecule has 0 saturated carbocycles. The molecule has 2 aromatic heterocycles. The smallest absolute Gasteiger partial charge is 0.253 e. The molecule has 1 aliphatic heterocycles. The summed E-state index contributed by atoms with van der Waals surface area (Å²) >= 11 is 0. The topological polar surface area (TPSA) is 97.2 Å². The quantitative estimate of drug-likeness (QED) is 0.647. The number of nitrogens with one attached hydrogen (secondary N) is 1. The molecule has 3 aromatic rings. The molecule has 4 rings (SSSR count). The molecule has 30 heavy (non-hydrogen) atoms. The number of pyridine rings is 1. The van der Waals surface area contributed by atoms with Gasteiger partial charge in [0.25, 0.3) is 5.91 Å². The van der Waals surface area contributed by atoms with Gasteiger partial charge in [0, 0.05) is 31.9 Å². The molecule has 9 heteroatoms. The molecule has 8 nitrogen and oxygen atoms in total. The van der Waals surface area contributed by atoms with Gasteiger partial charge in [-0.15, -0.1) is 0 Å². The fourth-order valence-electron chi connectivity index (χ4n) is 3.73. The van der Waals surface area contributed by atoms with Gasteiger partial charge in [-0.3, -0.25) is 4.79 Å². The van der Waals surface area contributed by atoms with Crippen molar-refractivity contribution in [2.45, 2.75) is 31.8 Å². The SMILES string of the molecule is CS(=O)(=O)N1CCC(NC(=O)c2cnc3c(c2)ncn3CCc2ccccc2)CC1. The fourth-order valence-corrected chi connectivity index (χ4v) is 4.61. The largest absolute Gasteiger partial charge is 0.349 e. The molecule has 3 heterocycles. The molecule has 1 aromatic carbocycles. The Morgan fingerprint density at radius 3 is 2.60 bits per heavy atom. The number of benzene rings is 1. The minimum atomic E-state index is -3.17. The molecule has 1 amide bonds. The van der Waals surface area contributed by atoms with Crippen molar-refractivity contribution in [3.8, 4) is 0 Å². The number of fused-ring (bicyclic) bond motifs is 1. The normalized spacial score (nSPS) is 16.0. The number of sulfonamides is 1. The minimum absolute atomic E-state index is 0.0466. The van der Waals surface area contributed by atoms with Crippen LogP contribution in [-0.2, 0) is 23.0 Å². The second-order valence-electron chi connectivity index (χ2n) is 7.65. The van der Waals surface area contributed by atoms with Gasteiger partial charge in [0.2, 0.25) is 10.0 Å². The number of carbonyl (C=O) groups excluding carboxylic acids is 1. The standard InChI is InChI=1S/C21H25N5O3S/c1-30(28,29)26-11-8-18(9-12-26)24-21(27)17-13-19-20(22-14-17)25(15-23-19)10-7-16-5-3-2-4-6-16/h2-6,13-15,18H,7-12H2,1H3,(H,24,27). The average Bonchev–Trinajstić information content (AvgIpc) is 3.15. The van der Waals surface area contributed by atoms with E-state index >= 15 is 0 Å². The van der Waals surface area contributed by atoms with E-state index in [-0.39, 0.29) is 11.9 Å². The Morgan fingerprint density at radius 1 is 1.17 bits per heavy atom.